The minimum absolute atomic E-state index is 0.0336. The average molecular weight is 498 g/mol. The summed E-state index contributed by atoms with van der Waals surface area (Å²) in [5.74, 6) is -2.29. The van der Waals surface area contributed by atoms with Crippen LogP contribution in [0.3, 0.4) is 0 Å². The van der Waals surface area contributed by atoms with Crippen LogP contribution in [0.25, 0.3) is 0 Å². The number of likely N-dealkylation sites (tertiary alicyclic amines) is 1. The number of amides is 3. The molecule has 1 aliphatic rings. The molecule has 0 aromatic rings. The van der Waals surface area contributed by atoms with Crippen LogP contribution in [-0.2, 0) is 19.2 Å². The summed E-state index contributed by atoms with van der Waals surface area (Å²) >= 11 is 0. The van der Waals surface area contributed by atoms with Gasteiger partial charge in [-0.2, -0.15) is 0 Å². The highest BCUT2D eigenvalue weighted by molar-refractivity contribution is 5.94. The van der Waals surface area contributed by atoms with Gasteiger partial charge in [0, 0.05) is 13.1 Å². The number of aliphatic imine (C=N–C) groups is 1. The Bertz CT molecular complexity index is 767. The highest BCUT2D eigenvalue weighted by atomic mass is 16.4. The lowest BCUT2D eigenvalue weighted by Gasteiger charge is -2.30. The van der Waals surface area contributed by atoms with Crippen molar-refractivity contribution in [3.63, 3.8) is 0 Å². The van der Waals surface area contributed by atoms with Gasteiger partial charge in [0.15, 0.2) is 5.96 Å². The van der Waals surface area contributed by atoms with Gasteiger partial charge in [-0.3, -0.25) is 19.4 Å². The maximum absolute atomic E-state index is 13.4. The molecular formula is C23H43N7O5. The number of guanidine groups is 1. The number of hydrogen-bond acceptors (Lipinski definition) is 6. The zero-order chi connectivity index (χ0) is 26.7. The van der Waals surface area contributed by atoms with E-state index in [9.17, 15) is 24.3 Å². The number of hydrogen-bond donors (Lipinski definition) is 6. The summed E-state index contributed by atoms with van der Waals surface area (Å²) in [4.78, 5) is 55.9. The second-order valence-corrected chi connectivity index (χ2v) is 9.96. The fraction of sp³-hybridized carbons (Fsp3) is 0.783. The van der Waals surface area contributed by atoms with E-state index in [0.29, 0.717) is 45.2 Å². The van der Waals surface area contributed by atoms with Crippen molar-refractivity contribution in [1.29, 1.82) is 0 Å². The number of nitrogens with two attached hydrogens (primary N) is 3. The Kier molecular flexibility index (Phi) is 12.5. The van der Waals surface area contributed by atoms with Crippen molar-refractivity contribution in [3.8, 4) is 0 Å². The zero-order valence-electron chi connectivity index (χ0n) is 21.3. The van der Waals surface area contributed by atoms with Gasteiger partial charge < -0.3 is 37.8 Å². The SMILES string of the molecule is CC(C)CC(NC(=O)C1CCCN1C(=O)C(CC(C)C)NC(=O)C(N)CCCN=C(N)N)C(=O)O. The van der Waals surface area contributed by atoms with Crippen molar-refractivity contribution in [2.24, 2.45) is 34.0 Å². The zero-order valence-corrected chi connectivity index (χ0v) is 21.3. The third-order valence-corrected chi connectivity index (χ3v) is 5.79. The van der Waals surface area contributed by atoms with Gasteiger partial charge in [0.05, 0.1) is 6.04 Å². The summed E-state index contributed by atoms with van der Waals surface area (Å²) in [7, 11) is 0. The van der Waals surface area contributed by atoms with Crippen molar-refractivity contribution in [2.75, 3.05) is 13.1 Å². The highest BCUT2D eigenvalue weighted by Gasteiger charge is 2.39. The van der Waals surface area contributed by atoms with Crippen LogP contribution in [-0.4, -0.2) is 76.9 Å². The van der Waals surface area contributed by atoms with Crippen molar-refractivity contribution in [2.45, 2.75) is 90.4 Å². The smallest absolute Gasteiger partial charge is 0.326 e. The topological polar surface area (TPSA) is 206 Å². The monoisotopic (exact) mass is 497 g/mol. The highest BCUT2D eigenvalue weighted by Crippen LogP contribution is 2.21. The maximum Gasteiger partial charge on any atom is 0.326 e. The number of nitrogens with one attached hydrogen (secondary N) is 2. The van der Waals surface area contributed by atoms with Gasteiger partial charge in [0.1, 0.15) is 18.1 Å². The number of nitrogens with zero attached hydrogens (tertiary/aromatic N) is 2. The Morgan fingerprint density at radius 2 is 1.63 bits per heavy atom. The third kappa shape index (κ3) is 10.5. The van der Waals surface area contributed by atoms with Crippen LogP contribution in [0.1, 0.15) is 66.2 Å². The van der Waals surface area contributed by atoms with Crippen molar-refractivity contribution < 1.29 is 24.3 Å². The second kappa shape index (κ2) is 14.5. The lowest BCUT2D eigenvalue weighted by molar-refractivity contribution is -0.145. The Hall–Kier alpha value is -2.89. The summed E-state index contributed by atoms with van der Waals surface area (Å²) in [6.07, 6.45) is 2.55. The Morgan fingerprint density at radius 1 is 1.03 bits per heavy atom. The van der Waals surface area contributed by atoms with Gasteiger partial charge in [0.25, 0.3) is 0 Å². The number of carboxylic acid groups (broad SMARTS) is 1. The largest absolute Gasteiger partial charge is 0.480 e. The van der Waals surface area contributed by atoms with Gasteiger partial charge >= 0.3 is 5.97 Å². The first-order valence-electron chi connectivity index (χ1n) is 12.3. The van der Waals surface area contributed by atoms with Gasteiger partial charge in [-0.15, -0.1) is 0 Å². The van der Waals surface area contributed by atoms with Gasteiger partial charge in [-0.25, -0.2) is 4.79 Å². The third-order valence-electron chi connectivity index (χ3n) is 5.79. The van der Waals surface area contributed by atoms with Crippen LogP contribution >= 0.6 is 0 Å². The van der Waals surface area contributed by atoms with E-state index >= 15 is 0 Å². The Balaban J connectivity index is 2.87. The molecule has 1 heterocycles. The molecule has 0 radical (unpaired) electrons. The second-order valence-electron chi connectivity index (χ2n) is 9.96. The van der Waals surface area contributed by atoms with E-state index in [2.05, 4.69) is 15.6 Å². The lowest BCUT2D eigenvalue weighted by atomic mass is 10.0. The molecule has 0 aromatic heterocycles. The van der Waals surface area contributed by atoms with Crippen LogP contribution in [0.2, 0.25) is 0 Å². The fourth-order valence-electron chi connectivity index (χ4n) is 4.09. The number of rotatable bonds is 14. The molecule has 12 nitrogen and oxygen atoms in total. The fourth-order valence-corrected chi connectivity index (χ4v) is 4.09. The van der Waals surface area contributed by atoms with E-state index in [1.165, 1.54) is 4.90 Å². The molecular weight excluding hydrogens is 454 g/mol. The molecule has 1 saturated heterocycles. The van der Waals surface area contributed by atoms with Crippen molar-refractivity contribution in [3.05, 3.63) is 0 Å². The molecule has 3 amide bonds. The van der Waals surface area contributed by atoms with Crippen LogP contribution < -0.4 is 27.8 Å². The Labute approximate surface area is 207 Å². The normalized spacial score (nSPS) is 18.1. The van der Waals surface area contributed by atoms with Crippen molar-refractivity contribution in [1.82, 2.24) is 15.5 Å². The van der Waals surface area contributed by atoms with E-state index in [1.54, 1.807) is 0 Å². The van der Waals surface area contributed by atoms with E-state index in [1.807, 2.05) is 27.7 Å². The van der Waals surface area contributed by atoms with Crippen LogP contribution in [0.4, 0.5) is 0 Å². The predicted molar refractivity (Wildman–Crippen MR) is 133 cm³/mol. The molecule has 1 rings (SSSR count). The van der Waals surface area contributed by atoms with Gasteiger partial charge in [-0.1, -0.05) is 27.7 Å². The van der Waals surface area contributed by atoms with Crippen molar-refractivity contribution >= 4 is 29.7 Å². The molecule has 4 atom stereocenters. The first-order valence-corrected chi connectivity index (χ1v) is 12.3. The summed E-state index contributed by atoms with van der Waals surface area (Å²) in [6.45, 7) is 8.30. The molecule has 0 saturated carbocycles. The first kappa shape index (κ1) is 30.1. The predicted octanol–water partition coefficient (Wildman–Crippen LogP) is -0.495. The molecule has 4 unspecified atom stereocenters. The molecule has 35 heavy (non-hydrogen) atoms. The summed E-state index contributed by atoms with van der Waals surface area (Å²) in [5.41, 5.74) is 16.6. The number of carbonyl (C=O) groups is 4. The number of carbonyl (C=O) groups excluding carboxylic acids is 3. The molecule has 12 heteroatoms. The average Bonchev–Trinajstić information content (AvgIpc) is 3.24. The molecule has 0 aromatic carbocycles. The van der Waals surface area contributed by atoms with E-state index in [4.69, 9.17) is 17.2 Å². The van der Waals surface area contributed by atoms with Gasteiger partial charge in [-0.05, 0) is 50.4 Å². The Morgan fingerprint density at radius 3 is 2.17 bits per heavy atom. The quantitative estimate of drug-likeness (QED) is 0.104. The lowest BCUT2D eigenvalue weighted by Crippen LogP contribution is -2.57. The molecule has 0 bridgehead atoms. The minimum Gasteiger partial charge on any atom is -0.480 e. The summed E-state index contributed by atoms with van der Waals surface area (Å²) in [6, 6.07) is -3.48. The molecule has 200 valence electrons. The summed E-state index contributed by atoms with van der Waals surface area (Å²) in [5, 5.41) is 14.8. The molecule has 0 spiro atoms. The molecule has 9 N–H and O–H groups in total. The first-order chi connectivity index (χ1) is 16.3. The number of aliphatic carboxylic acids is 1. The number of carboxylic acids is 1. The maximum atomic E-state index is 13.4. The molecule has 0 aliphatic carbocycles. The minimum atomic E-state index is -1.11. The standard InChI is InChI=1S/C23H43N7O5/c1-13(2)11-16(28-19(31)15(24)7-5-9-27-23(25)26)21(33)30-10-6-8-18(30)20(32)29-17(22(34)35)12-14(3)4/h13-18H,5-12,24H2,1-4H3,(H,28,31)(H,29,32)(H,34,35)(H4,25,26,27). The van der Waals surface area contributed by atoms with E-state index in [-0.39, 0.29) is 30.1 Å². The molecule has 1 aliphatic heterocycles. The van der Waals surface area contributed by atoms with Crippen LogP contribution in [0, 0.1) is 11.8 Å². The molecule has 1 fully saturated rings. The van der Waals surface area contributed by atoms with Gasteiger partial charge in [0.2, 0.25) is 17.7 Å². The van der Waals surface area contributed by atoms with Crippen LogP contribution in [0.5, 0.6) is 0 Å². The van der Waals surface area contributed by atoms with Crippen LogP contribution in [0.15, 0.2) is 4.99 Å². The summed E-state index contributed by atoms with van der Waals surface area (Å²) < 4.78 is 0. The van der Waals surface area contributed by atoms with E-state index < -0.39 is 42.0 Å². The van der Waals surface area contributed by atoms with E-state index in [0.717, 1.165) is 0 Å².